The van der Waals surface area contributed by atoms with E-state index in [9.17, 15) is 0 Å². The third-order valence-electron chi connectivity index (χ3n) is 4.80. The van der Waals surface area contributed by atoms with E-state index in [0.29, 0.717) is 17.5 Å². The minimum Gasteiger partial charge on any atom is -0.236 e. The molecule has 0 saturated heterocycles. The van der Waals surface area contributed by atoms with E-state index in [1.165, 1.54) is 0 Å². The lowest BCUT2D eigenvalue weighted by Gasteiger charge is -2.07. The lowest BCUT2D eigenvalue weighted by atomic mass is 10.1. The zero-order valence-electron chi connectivity index (χ0n) is 16.8. The fourth-order valence-electron chi connectivity index (χ4n) is 3.26. The quantitative estimate of drug-likeness (QED) is 0.419. The van der Waals surface area contributed by atoms with Crippen molar-refractivity contribution in [3.8, 4) is 45.3 Å². The second-order valence-electron chi connectivity index (χ2n) is 7.01. The number of hydrogen-bond donors (Lipinski definition) is 0. The van der Waals surface area contributed by atoms with Gasteiger partial charge in [0.05, 0.1) is 11.4 Å². The summed E-state index contributed by atoms with van der Waals surface area (Å²) in [6, 6.07) is 21.7. The summed E-state index contributed by atoms with van der Waals surface area (Å²) < 4.78 is 0. The molecule has 0 aliphatic rings. The molecule has 0 amide bonds. The first-order valence-corrected chi connectivity index (χ1v) is 9.88. The van der Waals surface area contributed by atoms with Gasteiger partial charge in [-0.1, -0.05) is 60.7 Å². The van der Waals surface area contributed by atoms with E-state index >= 15 is 0 Å². The Labute approximate surface area is 179 Å². The molecule has 0 aliphatic heterocycles. The fourth-order valence-corrected chi connectivity index (χ4v) is 3.26. The first-order chi connectivity index (χ1) is 15.3. The first kappa shape index (κ1) is 18.7. The molecule has 0 fully saturated rings. The topological polar surface area (TPSA) is 77.3 Å². The summed E-state index contributed by atoms with van der Waals surface area (Å²) >= 11 is 0. The van der Waals surface area contributed by atoms with Gasteiger partial charge in [-0.15, -0.1) is 0 Å². The van der Waals surface area contributed by atoms with Gasteiger partial charge in [0.25, 0.3) is 0 Å². The predicted octanol–water partition coefficient (Wildman–Crippen LogP) is 5.03. The smallest absolute Gasteiger partial charge is 0.159 e. The molecule has 0 aliphatic carbocycles. The number of benzene rings is 2. The van der Waals surface area contributed by atoms with Crippen LogP contribution in [0.2, 0.25) is 0 Å². The van der Waals surface area contributed by atoms with Crippen LogP contribution in [-0.2, 0) is 0 Å². The Balaban J connectivity index is 1.45. The van der Waals surface area contributed by atoms with Crippen molar-refractivity contribution in [3.05, 3.63) is 97.3 Å². The van der Waals surface area contributed by atoms with Gasteiger partial charge in [-0.05, 0) is 13.0 Å². The molecule has 0 saturated carbocycles. The van der Waals surface area contributed by atoms with E-state index in [2.05, 4.69) is 29.9 Å². The van der Waals surface area contributed by atoms with Gasteiger partial charge in [-0.25, -0.2) is 29.9 Å². The first-order valence-electron chi connectivity index (χ1n) is 9.88. The van der Waals surface area contributed by atoms with E-state index in [0.717, 1.165) is 33.6 Å². The Morgan fingerprint density at radius 3 is 1.26 bits per heavy atom. The van der Waals surface area contributed by atoms with E-state index in [1.807, 2.05) is 73.7 Å². The van der Waals surface area contributed by atoms with E-state index in [4.69, 9.17) is 0 Å². The molecule has 0 radical (unpaired) electrons. The molecular formula is C25H18N6. The molecule has 0 unspecified atom stereocenters. The molecule has 0 atom stereocenters. The van der Waals surface area contributed by atoms with E-state index in [1.54, 1.807) is 24.8 Å². The molecule has 0 bridgehead atoms. The molecule has 148 valence electrons. The maximum atomic E-state index is 4.57. The predicted molar refractivity (Wildman–Crippen MR) is 120 cm³/mol. The van der Waals surface area contributed by atoms with Gasteiger partial charge < -0.3 is 0 Å². The van der Waals surface area contributed by atoms with Crippen LogP contribution in [0.3, 0.4) is 0 Å². The average Bonchev–Trinajstić information content (AvgIpc) is 2.85. The largest absolute Gasteiger partial charge is 0.236 e. The van der Waals surface area contributed by atoms with Gasteiger partial charge in [-0.2, -0.15) is 0 Å². The van der Waals surface area contributed by atoms with Crippen molar-refractivity contribution in [2.75, 3.05) is 0 Å². The summed E-state index contributed by atoms with van der Waals surface area (Å²) in [5.41, 5.74) is 5.12. The third kappa shape index (κ3) is 4.04. The van der Waals surface area contributed by atoms with Crippen LogP contribution in [0.25, 0.3) is 45.3 Å². The number of hydrogen-bond acceptors (Lipinski definition) is 6. The van der Waals surface area contributed by atoms with Crippen LogP contribution in [0.4, 0.5) is 0 Å². The molecule has 3 heterocycles. The highest BCUT2D eigenvalue weighted by molar-refractivity contribution is 5.67. The molecule has 6 nitrogen and oxygen atoms in total. The SMILES string of the molecule is Cc1nc(-c2cnc(-c3ccccc3)nc2)cc(-c2cnc(-c3ccccc3)nc2)n1. The zero-order chi connectivity index (χ0) is 21.0. The molecule has 0 spiro atoms. The summed E-state index contributed by atoms with van der Waals surface area (Å²) in [5.74, 6) is 2.02. The van der Waals surface area contributed by atoms with Crippen molar-refractivity contribution in [2.45, 2.75) is 6.92 Å². The Bertz CT molecular complexity index is 1200. The fraction of sp³-hybridized carbons (Fsp3) is 0.0400. The summed E-state index contributed by atoms with van der Waals surface area (Å²) in [5, 5.41) is 0. The summed E-state index contributed by atoms with van der Waals surface area (Å²) in [6.07, 6.45) is 7.15. The van der Waals surface area contributed by atoms with Gasteiger partial charge in [0.1, 0.15) is 5.82 Å². The van der Waals surface area contributed by atoms with Gasteiger partial charge >= 0.3 is 0 Å². The number of nitrogens with zero attached hydrogens (tertiary/aromatic N) is 6. The van der Waals surface area contributed by atoms with Crippen LogP contribution < -0.4 is 0 Å². The van der Waals surface area contributed by atoms with Gasteiger partial charge in [0.2, 0.25) is 0 Å². The second-order valence-corrected chi connectivity index (χ2v) is 7.01. The molecule has 3 aromatic heterocycles. The highest BCUT2D eigenvalue weighted by atomic mass is 14.9. The maximum absolute atomic E-state index is 4.57. The Hall–Kier alpha value is -4.32. The summed E-state index contributed by atoms with van der Waals surface area (Å²) in [6.45, 7) is 1.87. The molecule has 5 aromatic rings. The maximum Gasteiger partial charge on any atom is 0.159 e. The van der Waals surface area contributed by atoms with Crippen LogP contribution in [0.15, 0.2) is 91.5 Å². The van der Waals surface area contributed by atoms with Crippen molar-refractivity contribution in [1.82, 2.24) is 29.9 Å². The normalized spacial score (nSPS) is 10.7. The second kappa shape index (κ2) is 8.20. The zero-order valence-corrected chi connectivity index (χ0v) is 16.8. The van der Waals surface area contributed by atoms with Gasteiger partial charge in [0.15, 0.2) is 11.6 Å². The molecule has 0 N–H and O–H groups in total. The Kier molecular flexibility index (Phi) is 4.94. The van der Waals surface area contributed by atoms with Crippen LogP contribution in [0.1, 0.15) is 5.82 Å². The monoisotopic (exact) mass is 402 g/mol. The lowest BCUT2D eigenvalue weighted by molar-refractivity contribution is 1.05. The van der Waals surface area contributed by atoms with Crippen LogP contribution in [-0.4, -0.2) is 29.9 Å². The number of aromatic nitrogens is 6. The number of aryl methyl sites for hydroxylation is 1. The summed E-state index contributed by atoms with van der Waals surface area (Å²) in [7, 11) is 0. The summed E-state index contributed by atoms with van der Waals surface area (Å²) in [4.78, 5) is 27.2. The van der Waals surface area contributed by atoms with Crippen molar-refractivity contribution in [2.24, 2.45) is 0 Å². The molecule has 2 aromatic carbocycles. The third-order valence-corrected chi connectivity index (χ3v) is 4.80. The molecular weight excluding hydrogens is 384 g/mol. The Morgan fingerprint density at radius 2 is 0.871 bits per heavy atom. The van der Waals surface area contributed by atoms with Crippen LogP contribution >= 0.6 is 0 Å². The Morgan fingerprint density at radius 1 is 0.484 bits per heavy atom. The highest BCUT2D eigenvalue weighted by Crippen LogP contribution is 2.24. The minimum absolute atomic E-state index is 0.659. The van der Waals surface area contributed by atoms with Crippen molar-refractivity contribution in [3.63, 3.8) is 0 Å². The van der Waals surface area contributed by atoms with Gasteiger partial charge in [-0.3, -0.25) is 0 Å². The standard InChI is InChI=1S/C25H18N6/c1-17-30-22(20-13-26-24(27-14-20)18-8-4-2-5-9-18)12-23(31-17)21-15-28-25(29-16-21)19-10-6-3-7-11-19/h2-16H,1H3. The van der Waals surface area contributed by atoms with Crippen molar-refractivity contribution >= 4 is 0 Å². The van der Waals surface area contributed by atoms with E-state index in [-0.39, 0.29) is 0 Å². The van der Waals surface area contributed by atoms with Crippen LogP contribution in [0.5, 0.6) is 0 Å². The molecule has 6 heteroatoms. The van der Waals surface area contributed by atoms with Gasteiger partial charge in [0, 0.05) is 47.0 Å². The lowest BCUT2D eigenvalue weighted by Crippen LogP contribution is -1.97. The average molecular weight is 402 g/mol. The molecule has 31 heavy (non-hydrogen) atoms. The minimum atomic E-state index is 0.659. The highest BCUT2D eigenvalue weighted by Gasteiger charge is 2.10. The van der Waals surface area contributed by atoms with Crippen molar-refractivity contribution in [1.29, 1.82) is 0 Å². The van der Waals surface area contributed by atoms with E-state index < -0.39 is 0 Å². The molecule has 5 rings (SSSR count). The number of rotatable bonds is 4. The van der Waals surface area contributed by atoms with Crippen LogP contribution in [0, 0.1) is 6.92 Å². The van der Waals surface area contributed by atoms with Crippen molar-refractivity contribution < 1.29 is 0 Å².